The molecule has 1 aliphatic rings. The molecule has 25 heavy (non-hydrogen) atoms. The largest absolute Gasteiger partial charge is 0.438 e. The number of hydrogen-bond donors (Lipinski definition) is 1. The van der Waals surface area contributed by atoms with E-state index in [1.807, 2.05) is 0 Å². The number of thioether (sulfide) groups is 1. The Kier molecular flexibility index (Phi) is 6.40. The van der Waals surface area contributed by atoms with E-state index in [1.165, 1.54) is 0 Å². The fraction of sp³-hybridized carbons (Fsp3) is 0.500. The van der Waals surface area contributed by atoms with E-state index in [9.17, 15) is 23.1 Å². The second-order valence-electron chi connectivity index (χ2n) is 5.70. The Hall–Kier alpha value is -1.25. The topological polar surface area (TPSA) is 52.9 Å². The van der Waals surface area contributed by atoms with Crippen molar-refractivity contribution in [2.45, 2.75) is 43.8 Å². The summed E-state index contributed by atoms with van der Waals surface area (Å²) >= 11 is 7.12. The van der Waals surface area contributed by atoms with Crippen molar-refractivity contribution in [3.63, 3.8) is 0 Å². The first-order valence-corrected chi connectivity index (χ1v) is 9.22. The van der Waals surface area contributed by atoms with Crippen LogP contribution < -0.4 is 0 Å². The minimum atomic E-state index is -4.98. The maximum atomic E-state index is 13.3. The number of alkyl halides is 3. The molecular formula is C16H18ClF3N2O2S. The van der Waals surface area contributed by atoms with Gasteiger partial charge in [0.1, 0.15) is 0 Å². The molecule has 1 atom stereocenters. The van der Waals surface area contributed by atoms with E-state index in [0.29, 0.717) is 23.6 Å². The molecule has 1 aliphatic heterocycles. The van der Waals surface area contributed by atoms with E-state index in [1.54, 1.807) is 31.2 Å². The molecule has 4 nitrogen and oxygen atoms in total. The summed E-state index contributed by atoms with van der Waals surface area (Å²) in [6.07, 6.45) is -4.80. The van der Waals surface area contributed by atoms with E-state index in [2.05, 4.69) is 5.10 Å². The van der Waals surface area contributed by atoms with Crippen LogP contribution in [0.4, 0.5) is 13.2 Å². The van der Waals surface area contributed by atoms with Crippen molar-refractivity contribution in [2.24, 2.45) is 5.10 Å². The van der Waals surface area contributed by atoms with Gasteiger partial charge >= 0.3 is 6.18 Å². The molecule has 0 radical (unpaired) electrons. The first kappa shape index (κ1) is 20.1. The van der Waals surface area contributed by atoms with Gasteiger partial charge in [-0.3, -0.25) is 4.79 Å². The zero-order chi connectivity index (χ0) is 18.7. The van der Waals surface area contributed by atoms with Crippen molar-refractivity contribution < 1.29 is 23.1 Å². The summed E-state index contributed by atoms with van der Waals surface area (Å²) in [4.78, 5) is 12.2. The van der Waals surface area contributed by atoms with Gasteiger partial charge in [-0.2, -0.15) is 23.3 Å². The molecule has 0 bridgehead atoms. The number of benzene rings is 1. The highest BCUT2D eigenvalue weighted by Gasteiger charge is 2.62. The van der Waals surface area contributed by atoms with Crippen LogP contribution >= 0.6 is 23.4 Å². The Morgan fingerprint density at radius 2 is 2.12 bits per heavy atom. The average molecular weight is 395 g/mol. The number of hydrogen-bond acceptors (Lipinski definition) is 4. The summed E-state index contributed by atoms with van der Waals surface area (Å²) < 4.78 is 39.8. The summed E-state index contributed by atoms with van der Waals surface area (Å²) in [5.74, 6) is -0.759. The smallest absolute Gasteiger partial charge is 0.362 e. The Morgan fingerprint density at radius 3 is 2.72 bits per heavy atom. The number of aliphatic hydroxyl groups is 1. The third-order valence-electron chi connectivity index (χ3n) is 3.71. The highest BCUT2D eigenvalue weighted by atomic mass is 35.5. The lowest BCUT2D eigenvalue weighted by Gasteiger charge is -2.32. The van der Waals surface area contributed by atoms with E-state index < -0.39 is 24.2 Å². The van der Waals surface area contributed by atoms with E-state index in [0.717, 1.165) is 17.3 Å². The molecule has 1 unspecified atom stereocenters. The lowest BCUT2D eigenvalue weighted by molar-refractivity contribution is -0.301. The standard InChI is InChI=1S/C16H18ClF3N2O2S/c1-2-5-12-8-15(24,16(18,19)20)22(21-12)14(23)10-25-9-11-6-3-4-7-13(11)17/h3-4,6-7,24H,2,5,8-10H2,1H3. The van der Waals surface area contributed by atoms with Crippen molar-refractivity contribution >= 4 is 35.0 Å². The second kappa shape index (κ2) is 7.97. The Morgan fingerprint density at radius 1 is 1.44 bits per heavy atom. The monoisotopic (exact) mass is 394 g/mol. The molecular weight excluding hydrogens is 377 g/mol. The zero-order valence-corrected chi connectivity index (χ0v) is 15.1. The predicted molar refractivity (Wildman–Crippen MR) is 92.4 cm³/mol. The van der Waals surface area contributed by atoms with Gasteiger partial charge in [0.2, 0.25) is 0 Å². The fourth-order valence-electron chi connectivity index (χ4n) is 2.45. The highest BCUT2D eigenvalue weighted by Crippen LogP contribution is 2.41. The van der Waals surface area contributed by atoms with Gasteiger partial charge in [0, 0.05) is 22.9 Å². The van der Waals surface area contributed by atoms with Crippen molar-refractivity contribution in [2.75, 3.05) is 5.75 Å². The molecule has 1 N–H and O–H groups in total. The van der Waals surface area contributed by atoms with E-state index >= 15 is 0 Å². The summed E-state index contributed by atoms with van der Waals surface area (Å²) in [6.45, 7) is 1.79. The van der Waals surface area contributed by atoms with Gasteiger partial charge in [-0.15, -0.1) is 11.8 Å². The van der Waals surface area contributed by atoms with Crippen molar-refractivity contribution in [3.8, 4) is 0 Å². The van der Waals surface area contributed by atoms with Crippen LogP contribution in [0.25, 0.3) is 0 Å². The molecule has 0 spiro atoms. The molecule has 1 aromatic rings. The quantitative estimate of drug-likeness (QED) is 0.786. The molecule has 1 amide bonds. The third-order valence-corrected chi connectivity index (χ3v) is 5.05. The molecule has 1 aromatic carbocycles. The Labute approximate surface area is 153 Å². The van der Waals surface area contributed by atoms with Gasteiger partial charge in [-0.25, -0.2) is 0 Å². The van der Waals surface area contributed by atoms with Gasteiger partial charge in [0.15, 0.2) is 0 Å². The van der Waals surface area contributed by atoms with Crippen LogP contribution in [-0.2, 0) is 10.5 Å². The van der Waals surface area contributed by atoms with Gasteiger partial charge < -0.3 is 5.11 Å². The molecule has 0 saturated heterocycles. The van der Waals surface area contributed by atoms with Gasteiger partial charge in [0.05, 0.1) is 5.75 Å². The third kappa shape index (κ3) is 4.48. The maximum Gasteiger partial charge on any atom is 0.438 e. The zero-order valence-electron chi connectivity index (χ0n) is 13.5. The van der Waals surface area contributed by atoms with Crippen molar-refractivity contribution in [1.29, 1.82) is 0 Å². The van der Waals surface area contributed by atoms with Crippen LogP contribution in [0, 0.1) is 0 Å². The molecule has 138 valence electrons. The van der Waals surface area contributed by atoms with Crippen LogP contribution in [0.1, 0.15) is 31.7 Å². The molecule has 0 saturated carbocycles. The minimum absolute atomic E-state index is 0.173. The number of amides is 1. The van der Waals surface area contributed by atoms with E-state index in [-0.39, 0.29) is 16.5 Å². The fourth-order valence-corrected chi connectivity index (χ4v) is 3.61. The average Bonchev–Trinajstić information content (AvgIpc) is 2.87. The summed E-state index contributed by atoms with van der Waals surface area (Å²) in [7, 11) is 0. The molecule has 9 heteroatoms. The minimum Gasteiger partial charge on any atom is -0.362 e. The van der Waals surface area contributed by atoms with Crippen LogP contribution in [0.2, 0.25) is 5.02 Å². The summed E-state index contributed by atoms with van der Waals surface area (Å²) in [5, 5.41) is 14.5. The highest BCUT2D eigenvalue weighted by molar-refractivity contribution is 7.99. The van der Waals surface area contributed by atoms with Crippen molar-refractivity contribution in [1.82, 2.24) is 5.01 Å². The van der Waals surface area contributed by atoms with Crippen LogP contribution in [-0.4, -0.2) is 39.4 Å². The summed E-state index contributed by atoms with van der Waals surface area (Å²) in [5.41, 5.74) is -2.31. The number of halogens is 4. The first-order valence-electron chi connectivity index (χ1n) is 7.68. The van der Waals surface area contributed by atoms with Crippen molar-refractivity contribution in [3.05, 3.63) is 34.9 Å². The SMILES string of the molecule is CCCC1=NN(C(=O)CSCc2ccccc2Cl)C(O)(C(F)(F)F)C1. The predicted octanol–water partition coefficient (Wildman–Crippen LogP) is 4.21. The normalized spacial score (nSPS) is 20.7. The van der Waals surface area contributed by atoms with Crippen LogP contribution in [0.15, 0.2) is 29.4 Å². The molecule has 1 heterocycles. The number of hydrazone groups is 1. The molecule has 0 aliphatic carbocycles. The van der Waals surface area contributed by atoms with Gasteiger partial charge in [-0.05, 0) is 18.1 Å². The van der Waals surface area contributed by atoms with Crippen LogP contribution in [0.3, 0.4) is 0 Å². The molecule has 0 fully saturated rings. The van der Waals surface area contributed by atoms with Gasteiger partial charge in [-0.1, -0.05) is 43.1 Å². The Balaban J connectivity index is 2.05. The Bertz CT molecular complexity index is 669. The number of rotatable bonds is 6. The number of nitrogens with zero attached hydrogens (tertiary/aromatic N) is 2. The molecule has 2 rings (SSSR count). The van der Waals surface area contributed by atoms with Crippen LogP contribution in [0.5, 0.6) is 0 Å². The first-order chi connectivity index (χ1) is 11.7. The summed E-state index contributed by atoms with van der Waals surface area (Å²) in [6, 6.07) is 7.02. The lowest BCUT2D eigenvalue weighted by atomic mass is 10.0. The van der Waals surface area contributed by atoms with E-state index in [4.69, 9.17) is 11.6 Å². The molecule has 0 aromatic heterocycles. The van der Waals surface area contributed by atoms with Gasteiger partial charge in [0.25, 0.3) is 11.6 Å². The maximum absolute atomic E-state index is 13.3. The second-order valence-corrected chi connectivity index (χ2v) is 7.09. The number of carbonyl (C=O) groups is 1. The number of carbonyl (C=O) groups excluding carboxylic acids is 1. The lowest BCUT2D eigenvalue weighted by Crippen LogP contribution is -2.57.